The van der Waals surface area contributed by atoms with Crippen molar-refractivity contribution in [1.82, 2.24) is 10.2 Å². The van der Waals surface area contributed by atoms with Gasteiger partial charge in [-0.2, -0.15) is 0 Å². The van der Waals surface area contributed by atoms with Gasteiger partial charge in [-0.3, -0.25) is 4.79 Å². The van der Waals surface area contributed by atoms with Crippen LogP contribution in [0.3, 0.4) is 0 Å². The van der Waals surface area contributed by atoms with Crippen molar-refractivity contribution >= 4 is 11.9 Å². The van der Waals surface area contributed by atoms with Crippen LogP contribution in [0.1, 0.15) is 30.0 Å². The van der Waals surface area contributed by atoms with Gasteiger partial charge >= 0.3 is 5.97 Å². The van der Waals surface area contributed by atoms with Crippen molar-refractivity contribution in [2.45, 2.75) is 20.4 Å². The molecule has 0 spiro atoms. The van der Waals surface area contributed by atoms with E-state index in [1.54, 1.807) is 11.0 Å². The van der Waals surface area contributed by atoms with Crippen LogP contribution < -0.4 is 5.32 Å². The van der Waals surface area contributed by atoms with Gasteiger partial charge in [-0.05, 0) is 19.9 Å². The monoisotopic (exact) mass is 268 g/mol. The zero-order valence-electron chi connectivity index (χ0n) is 11.6. The third-order valence-corrected chi connectivity index (χ3v) is 2.83. The molecule has 1 amide bonds. The molecule has 0 aliphatic carbocycles. The summed E-state index contributed by atoms with van der Waals surface area (Å²) >= 11 is 0. The van der Waals surface area contributed by atoms with Crippen LogP contribution in [0, 0.1) is 0 Å². The molecule has 0 fully saturated rings. The normalized spacial score (nSPS) is 10.3. The zero-order valence-corrected chi connectivity index (χ0v) is 11.6. The molecule has 0 aromatic carbocycles. The fourth-order valence-electron chi connectivity index (χ4n) is 1.74. The largest absolute Gasteiger partial charge is 0.463 e. The van der Waals surface area contributed by atoms with Crippen molar-refractivity contribution in [3.05, 3.63) is 23.7 Å². The van der Waals surface area contributed by atoms with Crippen LogP contribution in [0.4, 0.5) is 0 Å². The van der Waals surface area contributed by atoms with Crippen molar-refractivity contribution < 1.29 is 18.7 Å². The van der Waals surface area contributed by atoms with Crippen LogP contribution in [0.2, 0.25) is 0 Å². The predicted molar refractivity (Wildman–Crippen MR) is 69.7 cm³/mol. The van der Waals surface area contributed by atoms with E-state index in [9.17, 15) is 9.59 Å². The van der Waals surface area contributed by atoms with Crippen molar-refractivity contribution in [2.75, 3.05) is 26.7 Å². The molecule has 6 heteroatoms. The number of methoxy groups -OCH3 is 1. The number of hydrogen-bond donors (Lipinski definition) is 1. The van der Waals surface area contributed by atoms with Gasteiger partial charge in [0, 0.05) is 25.2 Å². The SMILES string of the molecule is CCN(CC)C(=O)CNCc1ccoc1C(=O)OC. The van der Waals surface area contributed by atoms with E-state index < -0.39 is 5.97 Å². The number of rotatable bonds is 7. The molecule has 0 saturated heterocycles. The lowest BCUT2D eigenvalue weighted by Gasteiger charge is -2.18. The second-order valence-electron chi connectivity index (χ2n) is 3.94. The molecule has 0 unspecified atom stereocenters. The Morgan fingerprint density at radius 3 is 2.63 bits per heavy atom. The molecule has 106 valence electrons. The first-order valence-corrected chi connectivity index (χ1v) is 6.27. The number of carbonyl (C=O) groups excluding carboxylic acids is 2. The van der Waals surface area contributed by atoms with Crippen molar-refractivity contribution in [3.8, 4) is 0 Å². The van der Waals surface area contributed by atoms with E-state index in [1.807, 2.05) is 13.8 Å². The van der Waals surface area contributed by atoms with Crippen LogP contribution in [0.5, 0.6) is 0 Å². The number of furan rings is 1. The summed E-state index contributed by atoms with van der Waals surface area (Å²) in [5.41, 5.74) is 0.680. The Hall–Kier alpha value is -1.82. The Labute approximate surface area is 112 Å². The third-order valence-electron chi connectivity index (χ3n) is 2.83. The molecule has 1 N–H and O–H groups in total. The van der Waals surface area contributed by atoms with Crippen LogP contribution in [-0.4, -0.2) is 43.5 Å². The van der Waals surface area contributed by atoms with Gasteiger partial charge in [0.15, 0.2) is 0 Å². The molecule has 0 radical (unpaired) electrons. The van der Waals surface area contributed by atoms with E-state index in [2.05, 4.69) is 10.1 Å². The quantitative estimate of drug-likeness (QED) is 0.748. The first-order chi connectivity index (χ1) is 9.13. The Morgan fingerprint density at radius 1 is 1.37 bits per heavy atom. The van der Waals surface area contributed by atoms with Crippen LogP contribution >= 0.6 is 0 Å². The summed E-state index contributed by atoms with van der Waals surface area (Å²) in [6, 6.07) is 1.68. The summed E-state index contributed by atoms with van der Waals surface area (Å²) in [5.74, 6) is -0.310. The van der Waals surface area contributed by atoms with Crippen molar-refractivity contribution in [1.29, 1.82) is 0 Å². The van der Waals surface area contributed by atoms with Gasteiger partial charge in [0.25, 0.3) is 0 Å². The zero-order chi connectivity index (χ0) is 14.3. The smallest absolute Gasteiger partial charge is 0.374 e. The molecule has 1 aromatic heterocycles. The molecule has 0 aliphatic rings. The maximum Gasteiger partial charge on any atom is 0.374 e. The summed E-state index contributed by atoms with van der Waals surface area (Å²) in [5, 5.41) is 3.00. The van der Waals surface area contributed by atoms with Crippen LogP contribution in [0.15, 0.2) is 16.7 Å². The molecule has 1 rings (SSSR count). The van der Waals surface area contributed by atoms with Gasteiger partial charge in [-0.15, -0.1) is 0 Å². The van der Waals surface area contributed by atoms with E-state index in [4.69, 9.17) is 4.42 Å². The predicted octanol–water partition coefficient (Wildman–Crippen LogP) is 1.02. The van der Waals surface area contributed by atoms with Gasteiger partial charge in [-0.1, -0.05) is 0 Å². The Bertz CT molecular complexity index is 424. The Kier molecular flexibility index (Phi) is 6.08. The molecule has 0 atom stereocenters. The minimum absolute atomic E-state index is 0.0353. The highest BCUT2D eigenvalue weighted by Gasteiger charge is 2.16. The van der Waals surface area contributed by atoms with Crippen molar-refractivity contribution in [2.24, 2.45) is 0 Å². The molecule has 0 bridgehead atoms. The number of esters is 1. The fourth-order valence-corrected chi connectivity index (χ4v) is 1.74. The number of hydrogen-bond acceptors (Lipinski definition) is 5. The molecule has 1 aromatic rings. The summed E-state index contributed by atoms with van der Waals surface area (Å²) in [6.45, 7) is 5.87. The highest BCUT2D eigenvalue weighted by molar-refractivity contribution is 5.87. The van der Waals surface area contributed by atoms with E-state index in [1.165, 1.54) is 13.4 Å². The molecular formula is C13H20N2O4. The Balaban J connectivity index is 2.48. The number of nitrogens with zero attached hydrogens (tertiary/aromatic N) is 1. The molecule has 6 nitrogen and oxygen atoms in total. The Morgan fingerprint density at radius 2 is 2.05 bits per heavy atom. The van der Waals surface area contributed by atoms with Gasteiger partial charge in [0.1, 0.15) is 0 Å². The fraction of sp³-hybridized carbons (Fsp3) is 0.538. The minimum Gasteiger partial charge on any atom is -0.463 e. The molecule has 0 saturated carbocycles. The molecule has 19 heavy (non-hydrogen) atoms. The van der Waals surface area contributed by atoms with Gasteiger partial charge in [-0.25, -0.2) is 4.79 Å². The van der Waals surface area contributed by atoms with E-state index >= 15 is 0 Å². The molecule has 1 heterocycles. The lowest BCUT2D eigenvalue weighted by Crippen LogP contribution is -2.37. The maximum absolute atomic E-state index is 11.8. The average molecular weight is 268 g/mol. The molecule has 0 aliphatic heterocycles. The topological polar surface area (TPSA) is 71.8 Å². The van der Waals surface area contributed by atoms with E-state index in [-0.39, 0.29) is 18.2 Å². The summed E-state index contributed by atoms with van der Waals surface area (Å²) in [7, 11) is 1.30. The summed E-state index contributed by atoms with van der Waals surface area (Å²) < 4.78 is 9.65. The van der Waals surface area contributed by atoms with Gasteiger partial charge in [0.05, 0.1) is 19.9 Å². The molecular weight excluding hydrogens is 248 g/mol. The highest BCUT2D eigenvalue weighted by atomic mass is 16.5. The minimum atomic E-state index is -0.517. The summed E-state index contributed by atoms with van der Waals surface area (Å²) in [6.07, 6.45) is 1.43. The maximum atomic E-state index is 11.8. The number of likely N-dealkylation sites (N-methyl/N-ethyl adjacent to an activating group) is 1. The van der Waals surface area contributed by atoms with Crippen LogP contribution in [-0.2, 0) is 16.1 Å². The number of amides is 1. The number of ether oxygens (including phenoxy) is 1. The standard InChI is InChI=1S/C13H20N2O4/c1-4-15(5-2)11(16)9-14-8-10-6-7-19-12(10)13(17)18-3/h6-7,14H,4-5,8-9H2,1-3H3. The van der Waals surface area contributed by atoms with E-state index in [0.717, 1.165) is 0 Å². The highest BCUT2D eigenvalue weighted by Crippen LogP contribution is 2.11. The van der Waals surface area contributed by atoms with Gasteiger partial charge in [0.2, 0.25) is 11.7 Å². The number of carbonyl (C=O) groups is 2. The van der Waals surface area contributed by atoms with Crippen LogP contribution in [0.25, 0.3) is 0 Å². The second-order valence-corrected chi connectivity index (χ2v) is 3.94. The van der Waals surface area contributed by atoms with Crippen molar-refractivity contribution in [3.63, 3.8) is 0 Å². The van der Waals surface area contributed by atoms with Gasteiger partial charge < -0.3 is 19.4 Å². The number of nitrogens with one attached hydrogen (secondary N) is 1. The summed E-state index contributed by atoms with van der Waals surface area (Å²) in [4.78, 5) is 24.9. The second kappa shape index (κ2) is 7.58. The third kappa shape index (κ3) is 4.10. The lowest BCUT2D eigenvalue weighted by molar-refractivity contribution is -0.129. The first kappa shape index (κ1) is 15.2. The average Bonchev–Trinajstić information content (AvgIpc) is 2.87. The van der Waals surface area contributed by atoms with E-state index in [0.29, 0.717) is 25.2 Å². The first-order valence-electron chi connectivity index (χ1n) is 6.27. The lowest BCUT2D eigenvalue weighted by atomic mass is 10.2.